The first-order chi connectivity index (χ1) is 14.6. The highest BCUT2D eigenvalue weighted by molar-refractivity contribution is 6.33. The van der Waals surface area contributed by atoms with Gasteiger partial charge in [0, 0.05) is 45.2 Å². The van der Waals surface area contributed by atoms with Gasteiger partial charge in [0.1, 0.15) is 5.69 Å². The molecule has 0 aliphatic carbocycles. The number of piperazine rings is 1. The van der Waals surface area contributed by atoms with E-state index in [-0.39, 0.29) is 18.0 Å². The summed E-state index contributed by atoms with van der Waals surface area (Å²) in [4.78, 5) is 26.4. The maximum atomic E-state index is 12.9. The molecule has 11 heteroatoms. The number of alkyl halides is 3. The predicted octanol–water partition coefficient (Wildman–Crippen LogP) is 4.42. The van der Waals surface area contributed by atoms with E-state index in [1.165, 1.54) is 0 Å². The number of hydrogen-bond donors (Lipinski definition) is 1. The first kappa shape index (κ1) is 22.8. The minimum atomic E-state index is -4.65. The van der Waals surface area contributed by atoms with Crippen molar-refractivity contribution in [3.8, 4) is 0 Å². The zero-order valence-electron chi connectivity index (χ0n) is 16.4. The second-order valence-electron chi connectivity index (χ2n) is 7.07. The number of benzene rings is 2. The van der Waals surface area contributed by atoms with Crippen molar-refractivity contribution < 1.29 is 22.9 Å². The number of hydrogen-bond acceptors (Lipinski definition) is 5. The minimum Gasteiger partial charge on any atom is -0.363 e. The number of nitro benzene ring substituents is 1. The molecule has 3 rings (SSSR count). The van der Waals surface area contributed by atoms with E-state index in [2.05, 4.69) is 5.32 Å². The van der Waals surface area contributed by atoms with Gasteiger partial charge in [0.15, 0.2) is 0 Å². The summed E-state index contributed by atoms with van der Waals surface area (Å²) in [5.74, 6) is -0.186. The molecule has 1 amide bonds. The summed E-state index contributed by atoms with van der Waals surface area (Å²) in [5, 5.41) is 14.5. The zero-order chi connectivity index (χ0) is 22.6. The Morgan fingerprint density at radius 2 is 1.81 bits per heavy atom. The molecule has 1 aliphatic heterocycles. The van der Waals surface area contributed by atoms with E-state index in [1.807, 2.05) is 4.90 Å². The Balaban J connectivity index is 1.55. The molecular formula is C20H20ClF3N4O3. The summed E-state index contributed by atoms with van der Waals surface area (Å²) in [6, 6.07) is 9.48. The molecule has 0 atom stereocenters. The van der Waals surface area contributed by atoms with E-state index >= 15 is 0 Å². The SMILES string of the molecule is O=C(CCN1CCN(c2ccc(C(F)(F)F)cc2[N+](=O)[O-])CC1)Nc1ccccc1Cl. The average Bonchev–Trinajstić information content (AvgIpc) is 2.73. The molecule has 2 aromatic rings. The number of nitro groups is 1. The monoisotopic (exact) mass is 456 g/mol. The predicted molar refractivity (Wildman–Crippen MR) is 111 cm³/mol. The topological polar surface area (TPSA) is 78.7 Å². The minimum absolute atomic E-state index is 0.161. The first-order valence-electron chi connectivity index (χ1n) is 9.52. The van der Waals surface area contributed by atoms with Gasteiger partial charge in [0.25, 0.3) is 5.69 Å². The van der Waals surface area contributed by atoms with Gasteiger partial charge in [-0.15, -0.1) is 0 Å². The Labute approximate surface area is 181 Å². The molecule has 2 aromatic carbocycles. The normalized spacial score (nSPS) is 15.0. The smallest absolute Gasteiger partial charge is 0.363 e. The number of nitrogens with zero attached hydrogens (tertiary/aromatic N) is 3. The van der Waals surface area contributed by atoms with Gasteiger partial charge in [-0.25, -0.2) is 0 Å². The van der Waals surface area contributed by atoms with Crippen LogP contribution < -0.4 is 10.2 Å². The molecule has 0 unspecified atom stereocenters. The highest BCUT2D eigenvalue weighted by Gasteiger charge is 2.34. The number of para-hydroxylation sites is 1. The highest BCUT2D eigenvalue weighted by atomic mass is 35.5. The van der Waals surface area contributed by atoms with Gasteiger partial charge in [-0.3, -0.25) is 19.8 Å². The van der Waals surface area contributed by atoms with E-state index in [9.17, 15) is 28.1 Å². The molecule has 1 N–H and O–H groups in total. The van der Waals surface area contributed by atoms with Crippen molar-refractivity contribution in [3.63, 3.8) is 0 Å². The van der Waals surface area contributed by atoms with Crippen molar-refractivity contribution in [1.82, 2.24) is 4.90 Å². The molecule has 1 fully saturated rings. The van der Waals surface area contributed by atoms with Crippen molar-refractivity contribution in [3.05, 3.63) is 63.2 Å². The van der Waals surface area contributed by atoms with E-state index in [4.69, 9.17) is 11.6 Å². The molecule has 7 nitrogen and oxygen atoms in total. The number of halogens is 4. The van der Waals surface area contributed by atoms with Crippen LogP contribution >= 0.6 is 11.6 Å². The standard InChI is InChI=1S/C20H20ClF3N4O3/c21-15-3-1-2-4-16(15)25-19(29)7-8-26-9-11-27(12-10-26)17-6-5-14(20(22,23)24)13-18(17)28(30)31/h1-6,13H,7-12H2,(H,25,29). The highest BCUT2D eigenvalue weighted by Crippen LogP contribution is 2.36. The summed E-state index contributed by atoms with van der Waals surface area (Å²) < 4.78 is 38.6. The van der Waals surface area contributed by atoms with Crippen LogP contribution in [0.3, 0.4) is 0 Å². The Bertz CT molecular complexity index is 963. The number of carbonyl (C=O) groups excluding carboxylic acids is 1. The molecule has 0 spiro atoms. The van der Waals surface area contributed by atoms with E-state index in [1.54, 1.807) is 29.2 Å². The molecule has 31 heavy (non-hydrogen) atoms. The van der Waals surface area contributed by atoms with Gasteiger partial charge in [0.05, 0.1) is 21.2 Å². The van der Waals surface area contributed by atoms with Crippen LogP contribution in [0, 0.1) is 10.1 Å². The summed E-state index contributed by atoms with van der Waals surface area (Å²) in [7, 11) is 0. The fraction of sp³-hybridized carbons (Fsp3) is 0.350. The molecule has 0 saturated carbocycles. The summed E-state index contributed by atoms with van der Waals surface area (Å²) in [5.41, 5.74) is -0.920. The van der Waals surface area contributed by atoms with E-state index in [0.29, 0.717) is 49.5 Å². The Kier molecular flexibility index (Phi) is 7.01. The molecule has 0 aromatic heterocycles. The third kappa shape index (κ3) is 5.86. The third-order valence-corrected chi connectivity index (χ3v) is 5.35. The number of rotatable bonds is 6. The van der Waals surface area contributed by atoms with Crippen LogP contribution in [-0.2, 0) is 11.0 Å². The molecular weight excluding hydrogens is 437 g/mol. The van der Waals surface area contributed by atoms with Gasteiger partial charge >= 0.3 is 6.18 Å². The molecule has 1 saturated heterocycles. The maximum Gasteiger partial charge on any atom is 0.416 e. The van der Waals surface area contributed by atoms with Gasteiger partial charge in [-0.1, -0.05) is 23.7 Å². The third-order valence-electron chi connectivity index (χ3n) is 5.02. The maximum absolute atomic E-state index is 12.9. The van der Waals surface area contributed by atoms with Crippen molar-refractivity contribution in [2.45, 2.75) is 12.6 Å². The Morgan fingerprint density at radius 3 is 2.42 bits per heavy atom. The number of anilines is 2. The van der Waals surface area contributed by atoms with Crippen LogP contribution in [0.5, 0.6) is 0 Å². The van der Waals surface area contributed by atoms with E-state index in [0.717, 1.165) is 12.1 Å². The van der Waals surface area contributed by atoms with Crippen LogP contribution in [-0.4, -0.2) is 48.5 Å². The number of nitrogens with one attached hydrogen (secondary N) is 1. The lowest BCUT2D eigenvalue weighted by Crippen LogP contribution is -2.47. The lowest BCUT2D eigenvalue weighted by molar-refractivity contribution is -0.384. The summed E-state index contributed by atoms with van der Waals surface area (Å²) >= 11 is 6.02. The van der Waals surface area contributed by atoms with Gasteiger partial charge < -0.3 is 10.2 Å². The second kappa shape index (κ2) is 9.52. The summed E-state index contributed by atoms with van der Waals surface area (Å²) in [6.45, 7) is 2.34. The molecule has 1 heterocycles. The van der Waals surface area contributed by atoms with Crippen molar-refractivity contribution in [1.29, 1.82) is 0 Å². The number of amides is 1. The van der Waals surface area contributed by atoms with Gasteiger partial charge in [-0.2, -0.15) is 13.2 Å². The van der Waals surface area contributed by atoms with Crippen LogP contribution in [0.1, 0.15) is 12.0 Å². The Morgan fingerprint density at radius 1 is 1.13 bits per heavy atom. The molecule has 1 aliphatic rings. The fourth-order valence-corrected chi connectivity index (χ4v) is 3.54. The quantitative estimate of drug-likeness (QED) is 0.514. The van der Waals surface area contributed by atoms with Crippen molar-refractivity contribution in [2.75, 3.05) is 42.9 Å². The van der Waals surface area contributed by atoms with Crippen LogP contribution in [0.2, 0.25) is 5.02 Å². The van der Waals surface area contributed by atoms with Crippen LogP contribution in [0.25, 0.3) is 0 Å². The molecule has 166 valence electrons. The average molecular weight is 457 g/mol. The fourth-order valence-electron chi connectivity index (χ4n) is 3.36. The molecule has 0 radical (unpaired) electrons. The van der Waals surface area contributed by atoms with Crippen molar-refractivity contribution >= 4 is 34.6 Å². The van der Waals surface area contributed by atoms with E-state index < -0.39 is 22.4 Å². The lowest BCUT2D eigenvalue weighted by atomic mass is 10.1. The largest absolute Gasteiger partial charge is 0.416 e. The van der Waals surface area contributed by atoms with Crippen LogP contribution in [0.4, 0.5) is 30.2 Å². The second-order valence-corrected chi connectivity index (χ2v) is 7.47. The van der Waals surface area contributed by atoms with Crippen molar-refractivity contribution in [2.24, 2.45) is 0 Å². The Hall–Kier alpha value is -2.85. The lowest BCUT2D eigenvalue weighted by Gasteiger charge is -2.35. The number of carbonyl (C=O) groups is 1. The first-order valence-corrected chi connectivity index (χ1v) is 9.90. The van der Waals surface area contributed by atoms with Gasteiger partial charge in [-0.05, 0) is 24.3 Å². The molecule has 0 bridgehead atoms. The van der Waals surface area contributed by atoms with Gasteiger partial charge in [0.2, 0.25) is 5.91 Å². The van der Waals surface area contributed by atoms with Crippen LogP contribution in [0.15, 0.2) is 42.5 Å². The zero-order valence-corrected chi connectivity index (χ0v) is 17.1. The summed E-state index contributed by atoms with van der Waals surface area (Å²) in [6.07, 6.45) is -4.40.